The predicted octanol–water partition coefficient (Wildman–Crippen LogP) is 3.15. The van der Waals surface area contributed by atoms with Crippen LogP contribution < -0.4 is 20.1 Å². The first-order chi connectivity index (χ1) is 14.6. The van der Waals surface area contributed by atoms with E-state index in [0.29, 0.717) is 36.2 Å². The van der Waals surface area contributed by atoms with Crippen LogP contribution in [0.25, 0.3) is 11.1 Å². The fraction of sp³-hybridized carbons (Fsp3) is 0.227. The van der Waals surface area contributed by atoms with E-state index >= 15 is 0 Å². The van der Waals surface area contributed by atoms with E-state index in [1.54, 1.807) is 22.9 Å². The Hall–Kier alpha value is -3.81. The Balaban J connectivity index is 1.35. The average Bonchev–Trinajstić information content (AvgIpc) is 3.22. The van der Waals surface area contributed by atoms with Crippen molar-refractivity contribution in [3.63, 3.8) is 0 Å². The van der Waals surface area contributed by atoms with Crippen molar-refractivity contribution in [1.29, 1.82) is 0 Å². The van der Waals surface area contributed by atoms with Gasteiger partial charge in [0.1, 0.15) is 25.1 Å². The van der Waals surface area contributed by atoms with Crippen molar-refractivity contribution in [3.05, 3.63) is 54.2 Å². The number of anilines is 2. The molecule has 1 atom stereocenters. The zero-order valence-electron chi connectivity index (χ0n) is 16.3. The molecule has 8 heteroatoms. The summed E-state index contributed by atoms with van der Waals surface area (Å²) in [6, 6.07) is 14.3. The van der Waals surface area contributed by atoms with Crippen LogP contribution in [-0.2, 0) is 9.59 Å². The molecule has 3 aromatic rings. The second-order valence-corrected chi connectivity index (χ2v) is 7.24. The van der Waals surface area contributed by atoms with E-state index in [2.05, 4.69) is 15.7 Å². The van der Waals surface area contributed by atoms with Gasteiger partial charge in [-0.2, -0.15) is 5.10 Å². The van der Waals surface area contributed by atoms with Crippen molar-refractivity contribution in [2.75, 3.05) is 23.8 Å². The summed E-state index contributed by atoms with van der Waals surface area (Å²) in [6.45, 7) is 2.87. The van der Waals surface area contributed by atoms with Gasteiger partial charge < -0.3 is 20.1 Å². The van der Waals surface area contributed by atoms with Gasteiger partial charge in [0.15, 0.2) is 11.5 Å². The Morgan fingerprint density at radius 3 is 2.73 bits per heavy atom. The van der Waals surface area contributed by atoms with Crippen LogP contribution >= 0.6 is 0 Å². The molecule has 2 N–H and O–H groups in total. The summed E-state index contributed by atoms with van der Waals surface area (Å²) < 4.78 is 12.7. The number of nitrogens with zero attached hydrogens (tertiary/aromatic N) is 2. The third kappa shape index (κ3) is 3.16. The van der Waals surface area contributed by atoms with E-state index in [-0.39, 0.29) is 18.2 Å². The minimum atomic E-state index is -0.701. The van der Waals surface area contributed by atoms with E-state index in [1.807, 2.05) is 37.3 Å². The molecule has 0 bridgehead atoms. The second-order valence-electron chi connectivity index (χ2n) is 7.24. The van der Waals surface area contributed by atoms with E-state index in [0.717, 1.165) is 16.8 Å². The van der Waals surface area contributed by atoms with Crippen molar-refractivity contribution in [2.24, 2.45) is 0 Å². The summed E-state index contributed by atoms with van der Waals surface area (Å²) in [6.07, 6.45) is -0.0252. The van der Waals surface area contributed by atoms with Gasteiger partial charge in [0, 0.05) is 17.3 Å². The summed E-state index contributed by atoms with van der Waals surface area (Å²) in [4.78, 5) is 25.2. The van der Waals surface area contributed by atoms with E-state index in [1.165, 1.54) is 0 Å². The van der Waals surface area contributed by atoms with Gasteiger partial charge >= 0.3 is 0 Å². The molecule has 5 rings (SSSR count). The summed E-state index contributed by atoms with van der Waals surface area (Å²) in [5.74, 6) is 1.34. The molecule has 0 spiro atoms. The van der Waals surface area contributed by atoms with Crippen molar-refractivity contribution >= 4 is 23.3 Å². The van der Waals surface area contributed by atoms with Crippen molar-refractivity contribution in [3.8, 4) is 22.6 Å². The highest BCUT2D eigenvalue weighted by Crippen LogP contribution is 2.38. The van der Waals surface area contributed by atoms with Gasteiger partial charge in [-0.15, -0.1) is 0 Å². The third-order valence-corrected chi connectivity index (χ3v) is 5.19. The van der Waals surface area contributed by atoms with Gasteiger partial charge in [-0.3, -0.25) is 9.59 Å². The fourth-order valence-corrected chi connectivity index (χ4v) is 3.84. The van der Waals surface area contributed by atoms with Crippen LogP contribution in [0.2, 0.25) is 0 Å². The number of aromatic nitrogens is 2. The normalized spacial score (nSPS) is 16.7. The van der Waals surface area contributed by atoms with Crippen LogP contribution in [-0.4, -0.2) is 34.8 Å². The predicted molar refractivity (Wildman–Crippen MR) is 111 cm³/mol. The first-order valence-electron chi connectivity index (χ1n) is 9.75. The van der Waals surface area contributed by atoms with Gasteiger partial charge in [0.2, 0.25) is 5.91 Å². The van der Waals surface area contributed by atoms with Crippen LogP contribution in [0.1, 0.15) is 18.2 Å². The number of rotatable bonds is 4. The number of hydrogen-bond acceptors (Lipinski definition) is 5. The molecule has 0 aliphatic carbocycles. The topological polar surface area (TPSA) is 94.5 Å². The third-order valence-electron chi connectivity index (χ3n) is 5.19. The Morgan fingerprint density at radius 2 is 1.93 bits per heavy atom. The van der Waals surface area contributed by atoms with Gasteiger partial charge in [-0.1, -0.05) is 30.3 Å². The van der Waals surface area contributed by atoms with Gasteiger partial charge in [0.25, 0.3) is 5.91 Å². The van der Waals surface area contributed by atoms with Crippen LogP contribution in [0.4, 0.5) is 11.5 Å². The summed E-state index contributed by atoms with van der Waals surface area (Å²) in [5.41, 5.74) is 3.23. The molecular weight excluding hydrogens is 384 g/mol. The number of amides is 2. The van der Waals surface area contributed by atoms with Crippen LogP contribution in [0, 0.1) is 6.92 Å². The van der Waals surface area contributed by atoms with Crippen molar-refractivity contribution in [1.82, 2.24) is 9.78 Å². The Kier molecular flexibility index (Phi) is 4.39. The van der Waals surface area contributed by atoms with Gasteiger partial charge in [-0.25, -0.2) is 4.68 Å². The zero-order chi connectivity index (χ0) is 20.7. The minimum Gasteiger partial charge on any atom is -0.486 e. The van der Waals surface area contributed by atoms with Crippen LogP contribution in [0.15, 0.2) is 48.5 Å². The quantitative estimate of drug-likeness (QED) is 0.697. The molecule has 2 aliphatic heterocycles. The largest absolute Gasteiger partial charge is 0.486 e. The highest BCUT2D eigenvalue weighted by Gasteiger charge is 2.36. The highest BCUT2D eigenvalue weighted by molar-refractivity contribution is 6.04. The maximum Gasteiger partial charge on any atom is 0.251 e. The lowest BCUT2D eigenvalue weighted by Gasteiger charge is -2.19. The average molecular weight is 404 g/mol. The Bertz CT molecular complexity index is 1140. The molecule has 0 fully saturated rings. The van der Waals surface area contributed by atoms with E-state index in [4.69, 9.17) is 9.47 Å². The van der Waals surface area contributed by atoms with Crippen molar-refractivity contribution in [2.45, 2.75) is 19.4 Å². The lowest BCUT2D eigenvalue weighted by Crippen LogP contribution is -2.24. The number of aryl methyl sites for hydroxylation is 1. The fourth-order valence-electron chi connectivity index (χ4n) is 3.84. The van der Waals surface area contributed by atoms with E-state index < -0.39 is 6.04 Å². The second kappa shape index (κ2) is 7.22. The molecule has 2 aromatic carbocycles. The smallest absolute Gasteiger partial charge is 0.251 e. The molecule has 8 nitrogen and oxygen atoms in total. The maximum atomic E-state index is 12.6. The van der Waals surface area contributed by atoms with Crippen LogP contribution in [0.3, 0.4) is 0 Å². The molecule has 2 aliphatic rings. The lowest BCUT2D eigenvalue weighted by atomic mass is 10.1. The number of carbonyl (C=O) groups excluding carboxylic acids is 2. The number of ether oxygens (including phenoxy) is 2. The number of nitrogens with one attached hydrogen (secondary N) is 2. The van der Waals surface area contributed by atoms with Crippen molar-refractivity contribution < 1.29 is 19.1 Å². The molecule has 1 aromatic heterocycles. The van der Waals surface area contributed by atoms with Gasteiger partial charge in [0.05, 0.1) is 12.1 Å². The standard InChI is InChI=1S/C22H20N4O4/c1-13-20(14-5-3-2-4-6-14)21-24-22(28)16(26(21)25-13)12-19(27)23-15-7-8-17-18(11-15)30-10-9-29-17/h2-8,11,16H,9-10,12H2,1H3,(H,23,27)(H,24,28). The molecule has 1 unspecified atom stereocenters. The van der Waals surface area contributed by atoms with Crippen LogP contribution in [0.5, 0.6) is 11.5 Å². The number of fused-ring (bicyclic) bond motifs is 2. The maximum absolute atomic E-state index is 12.6. The first kappa shape index (κ1) is 18.2. The molecule has 152 valence electrons. The Labute approximate surface area is 172 Å². The van der Waals surface area contributed by atoms with E-state index in [9.17, 15) is 9.59 Å². The lowest BCUT2D eigenvalue weighted by molar-refractivity contribution is -0.123. The molecular formula is C22H20N4O4. The molecule has 3 heterocycles. The summed E-state index contributed by atoms with van der Waals surface area (Å²) >= 11 is 0. The zero-order valence-corrected chi connectivity index (χ0v) is 16.3. The monoisotopic (exact) mass is 404 g/mol. The molecule has 0 radical (unpaired) electrons. The molecule has 0 saturated heterocycles. The molecule has 30 heavy (non-hydrogen) atoms. The molecule has 2 amide bonds. The number of hydrogen-bond donors (Lipinski definition) is 2. The highest BCUT2D eigenvalue weighted by atomic mass is 16.6. The number of benzene rings is 2. The summed E-state index contributed by atoms with van der Waals surface area (Å²) in [7, 11) is 0. The minimum absolute atomic E-state index is 0.0252. The van der Waals surface area contributed by atoms with Gasteiger partial charge in [-0.05, 0) is 24.6 Å². The SMILES string of the molecule is Cc1nn2c(c1-c1ccccc1)NC(=O)C2CC(=O)Nc1ccc2c(c1)OCCO2. The Morgan fingerprint density at radius 1 is 1.17 bits per heavy atom. The molecule has 0 saturated carbocycles. The first-order valence-corrected chi connectivity index (χ1v) is 9.75. The number of carbonyl (C=O) groups is 2. The summed E-state index contributed by atoms with van der Waals surface area (Å²) in [5, 5.41) is 10.3.